The number of aromatic nitrogens is 2. The molecule has 2 aromatic heterocycles. The number of hydrogen-bond acceptors (Lipinski definition) is 6. The number of phenols is 1. The molecule has 0 aliphatic carbocycles. The van der Waals surface area contributed by atoms with Crippen molar-refractivity contribution in [2.24, 2.45) is 0 Å². The van der Waals surface area contributed by atoms with Gasteiger partial charge in [0, 0.05) is 35.6 Å². The predicted octanol–water partition coefficient (Wildman–Crippen LogP) is 4.90. The highest BCUT2D eigenvalue weighted by Gasteiger charge is 2.21. The van der Waals surface area contributed by atoms with Crippen molar-refractivity contribution in [1.82, 2.24) is 14.5 Å². The fourth-order valence-corrected chi connectivity index (χ4v) is 5.08. The minimum Gasteiger partial charge on any atom is -0.504 e. The van der Waals surface area contributed by atoms with Crippen LogP contribution < -0.4 is 10.3 Å². The Labute approximate surface area is 198 Å². The van der Waals surface area contributed by atoms with E-state index < -0.39 is 6.17 Å². The van der Waals surface area contributed by atoms with Crippen LogP contribution in [-0.4, -0.2) is 52.0 Å². The molecular formula is C24H21ClFN3O3S. The first kappa shape index (κ1) is 21.9. The van der Waals surface area contributed by atoms with Gasteiger partial charge in [-0.2, -0.15) is 0 Å². The quantitative estimate of drug-likeness (QED) is 0.421. The predicted molar refractivity (Wildman–Crippen MR) is 129 cm³/mol. The molecule has 3 heterocycles. The molecule has 1 saturated heterocycles. The first-order valence-electron chi connectivity index (χ1n) is 10.6. The average molecular weight is 486 g/mol. The van der Waals surface area contributed by atoms with Crippen LogP contribution in [0.2, 0.25) is 5.02 Å². The van der Waals surface area contributed by atoms with Crippen molar-refractivity contribution < 1.29 is 14.2 Å². The largest absolute Gasteiger partial charge is 0.504 e. The van der Waals surface area contributed by atoms with Crippen LogP contribution in [0, 0.1) is 0 Å². The Morgan fingerprint density at radius 1 is 1.21 bits per heavy atom. The lowest BCUT2D eigenvalue weighted by Gasteiger charge is -2.16. The van der Waals surface area contributed by atoms with E-state index in [0.29, 0.717) is 52.8 Å². The molecule has 9 heteroatoms. The molecule has 0 radical (unpaired) electrons. The number of halogens is 2. The number of hydrogen-bond donors (Lipinski definition) is 1. The summed E-state index contributed by atoms with van der Waals surface area (Å²) in [7, 11) is 0. The van der Waals surface area contributed by atoms with Gasteiger partial charge in [0.2, 0.25) is 0 Å². The summed E-state index contributed by atoms with van der Waals surface area (Å²) in [5, 5.41) is 11.1. The molecule has 0 amide bonds. The van der Waals surface area contributed by atoms with Crippen LogP contribution in [0.1, 0.15) is 6.42 Å². The minimum atomic E-state index is -0.771. The number of ether oxygens (including phenoxy) is 1. The van der Waals surface area contributed by atoms with E-state index in [9.17, 15) is 14.3 Å². The monoisotopic (exact) mass is 485 g/mol. The molecule has 1 aliphatic heterocycles. The number of rotatable bonds is 6. The lowest BCUT2D eigenvalue weighted by molar-refractivity contribution is 0.220. The number of phenolic OH excluding ortho intramolecular Hbond substituents is 1. The van der Waals surface area contributed by atoms with Gasteiger partial charge in [0.15, 0.2) is 11.5 Å². The van der Waals surface area contributed by atoms with Crippen LogP contribution in [0.3, 0.4) is 0 Å². The average Bonchev–Trinajstić information content (AvgIpc) is 3.42. The third-order valence-corrected chi connectivity index (χ3v) is 7.08. The summed E-state index contributed by atoms with van der Waals surface area (Å²) < 4.78 is 20.9. The van der Waals surface area contributed by atoms with Crippen molar-refractivity contribution >= 4 is 33.2 Å². The summed E-state index contributed by atoms with van der Waals surface area (Å²) in [4.78, 5) is 20.5. The Hall–Kier alpha value is -2.94. The highest BCUT2D eigenvalue weighted by molar-refractivity contribution is 7.22. The van der Waals surface area contributed by atoms with E-state index in [4.69, 9.17) is 16.3 Å². The van der Waals surface area contributed by atoms with Crippen LogP contribution in [0.4, 0.5) is 4.39 Å². The summed E-state index contributed by atoms with van der Waals surface area (Å²) in [6, 6.07) is 14.1. The van der Waals surface area contributed by atoms with Crippen LogP contribution in [0.5, 0.6) is 11.5 Å². The topological polar surface area (TPSA) is 67.6 Å². The molecule has 6 nitrogen and oxygen atoms in total. The Morgan fingerprint density at radius 2 is 2.03 bits per heavy atom. The molecule has 2 aromatic carbocycles. The zero-order valence-electron chi connectivity index (χ0n) is 17.6. The maximum absolute atomic E-state index is 13.3. The van der Waals surface area contributed by atoms with Gasteiger partial charge in [0.1, 0.15) is 23.8 Å². The van der Waals surface area contributed by atoms with Gasteiger partial charge in [-0.05, 0) is 42.3 Å². The smallest absolute Gasteiger partial charge is 0.275 e. The van der Waals surface area contributed by atoms with Crippen molar-refractivity contribution in [3.05, 3.63) is 70.2 Å². The number of alkyl halides is 1. The zero-order chi connectivity index (χ0) is 22.9. The van der Waals surface area contributed by atoms with Gasteiger partial charge in [0.25, 0.3) is 5.56 Å². The number of likely N-dealkylation sites (tertiary alicyclic amines) is 1. The number of nitrogens with zero attached hydrogens (tertiary/aromatic N) is 3. The fourth-order valence-electron chi connectivity index (χ4n) is 3.90. The van der Waals surface area contributed by atoms with Crippen LogP contribution >= 0.6 is 22.9 Å². The van der Waals surface area contributed by atoms with Gasteiger partial charge in [0.05, 0.1) is 11.2 Å². The van der Waals surface area contributed by atoms with E-state index >= 15 is 0 Å². The molecule has 1 unspecified atom stereocenters. The van der Waals surface area contributed by atoms with Crippen molar-refractivity contribution in [3.63, 3.8) is 0 Å². The number of aromatic hydroxyl groups is 1. The Kier molecular flexibility index (Phi) is 6.05. The Balaban J connectivity index is 1.36. The molecule has 1 fully saturated rings. The van der Waals surface area contributed by atoms with Crippen molar-refractivity contribution in [2.45, 2.75) is 12.6 Å². The number of benzene rings is 2. The van der Waals surface area contributed by atoms with Gasteiger partial charge in [-0.3, -0.25) is 14.3 Å². The normalized spacial score (nSPS) is 16.5. The van der Waals surface area contributed by atoms with Gasteiger partial charge >= 0.3 is 0 Å². The highest BCUT2D eigenvalue weighted by Crippen LogP contribution is 2.32. The summed E-state index contributed by atoms with van der Waals surface area (Å²) in [5.41, 5.74) is 1.85. The summed E-state index contributed by atoms with van der Waals surface area (Å²) >= 11 is 7.34. The maximum Gasteiger partial charge on any atom is 0.275 e. The number of fused-ring (bicyclic) bond motifs is 1. The first-order valence-corrected chi connectivity index (χ1v) is 11.8. The minimum absolute atomic E-state index is 0.0719. The van der Waals surface area contributed by atoms with E-state index in [1.54, 1.807) is 12.1 Å². The maximum atomic E-state index is 13.3. The molecule has 0 bridgehead atoms. The molecule has 0 saturated carbocycles. The molecule has 170 valence electrons. The summed E-state index contributed by atoms with van der Waals surface area (Å²) in [6.07, 6.45) is 1.24. The SMILES string of the molecule is O=c1c2sc(-c3ccc(Cl)cc3)cc2ncn1-c1ccc(OCCN2CCC(F)C2)c(O)c1. The van der Waals surface area contributed by atoms with Crippen molar-refractivity contribution in [2.75, 3.05) is 26.2 Å². The second kappa shape index (κ2) is 9.13. The standard InChI is InChI=1S/C24H21ClFN3O3S/c25-16-3-1-15(2-4-16)22-12-19-23(33-22)24(31)29(14-27-19)18-5-6-21(20(30)11-18)32-10-9-28-8-7-17(26)13-28/h1-6,11-12,14,17,30H,7-10,13H2. The second-order valence-electron chi connectivity index (χ2n) is 7.94. The van der Waals surface area contributed by atoms with Crippen molar-refractivity contribution in [1.29, 1.82) is 0 Å². The molecule has 4 aromatic rings. The summed E-state index contributed by atoms with van der Waals surface area (Å²) in [6.45, 7) is 2.08. The second-order valence-corrected chi connectivity index (χ2v) is 9.43. The van der Waals surface area contributed by atoms with E-state index in [1.807, 2.05) is 35.2 Å². The van der Waals surface area contributed by atoms with Crippen LogP contribution in [0.25, 0.3) is 26.3 Å². The molecule has 0 spiro atoms. The van der Waals surface area contributed by atoms with Gasteiger partial charge in [-0.15, -0.1) is 11.3 Å². The van der Waals surface area contributed by atoms with Gasteiger partial charge in [-0.25, -0.2) is 9.37 Å². The Bertz CT molecular complexity index is 1360. The molecule has 5 rings (SSSR count). The molecule has 33 heavy (non-hydrogen) atoms. The summed E-state index contributed by atoms with van der Waals surface area (Å²) in [5.74, 6) is 0.246. The third kappa shape index (κ3) is 4.59. The first-order chi connectivity index (χ1) is 16.0. The third-order valence-electron chi connectivity index (χ3n) is 5.67. The van der Waals surface area contributed by atoms with E-state index in [1.165, 1.54) is 28.3 Å². The fraction of sp³-hybridized carbons (Fsp3) is 0.250. The van der Waals surface area contributed by atoms with Crippen molar-refractivity contribution in [3.8, 4) is 27.6 Å². The molecule has 1 atom stereocenters. The van der Waals surface area contributed by atoms with Crippen LogP contribution in [0.15, 0.2) is 59.7 Å². The molecule has 1 N–H and O–H groups in total. The highest BCUT2D eigenvalue weighted by atomic mass is 35.5. The molecule has 1 aliphatic rings. The number of thiophene rings is 1. The lowest BCUT2D eigenvalue weighted by atomic mass is 10.2. The molecular weight excluding hydrogens is 465 g/mol. The van der Waals surface area contributed by atoms with Crippen LogP contribution in [-0.2, 0) is 0 Å². The van der Waals surface area contributed by atoms with Gasteiger partial charge < -0.3 is 9.84 Å². The Morgan fingerprint density at radius 3 is 2.76 bits per heavy atom. The van der Waals surface area contributed by atoms with Gasteiger partial charge in [-0.1, -0.05) is 23.7 Å². The van der Waals surface area contributed by atoms with E-state index in [-0.39, 0.29) is 11.3 Å². The lowest BCUT2D eigenvalue weighted by Crippen LogP contribution is -2.26. The van der Waals surface area contributed by atoms with E-state index in [2.05, 4.69) is 4.98 Å². The van der Waals surface area contributed by atoms with E-state index in [0.717, 1.165) is 17.0 Å². The zero-order valence-corrected chi connectivity index (χ0v) is 19.2.